The molecule has 1 aromatic rings. The fourth-order valence-electron chi connectivity index (χ4n) is 2.98. The molecule has 0 atom stereocenters. The van der Waals surface area contributed by atoms with Crippen LogP contribution in [-0.4, -0.2) is 31.6 Å². The molecule has 0 unspecified atom stereocenters. The molecule has 2 rings (SSSR count). The lowest BCUT2D eigenvalue weighted by Crippen LogP contribution is -2.42. The van der Waals surface area contributed by atoms with Crippen molar-refractivity contribution in [2.24, 2.45) is 0 Å². The molecular formula is C17H26N2O2. The number of methoxy groups -OCH3 is 1. The third-order valence-corrected chi connectivity index (χ3v) is 4.08. The van der Waals surface area contributed by atoms with Gasteiger partial charge in [-0.1, -0.05) is 19.1 Å². The zero-order chi connectivity index (χ0) is 15.1. The summed E-state index contributed by atoms with van der Waals surface area (Å²) in [5, 5.41) is 6.64. The Labute approximate surface area is 127 Å². The van der Waals surface area contributed by atoms with Crippen LogP contribution in [0, 0.1) is 0 Å². The van der Waals surface area contributed by atoms with Gasteiger partial charge in [0.1, 0.15) is 5.75 Å². The Morgan fingerprint density at radius 2 is 1.95 bits per heavy atom. The van der Waals surface area contributed by atoms with Gasteiger partial charge in [-0.05, 0) is 49.9 Å². The highest BCUT2D eigenvalue weighted by molar-refractivity contribution is 5.79. The van der Waals surface area contributed by atoms with Crippen LogP contribution in [0.25, 0.3) is 0 Å². The van der Waals surface area contributed by atoms with Crippen LogP contribution in [0.2, 0.25) is 0 Å². The van der Waals surface area contributed by atoms with Crippen molar-refractivity contribution < 1.29 is 9.53 Å². The van der Waals surface area contributed by atoms with Crippen LogP contribution in [0.15, 0.2) is 24.3 Å². The van der Waals surface area contributed by atoms with Gasteiger partial charge >= 0.3 is 0 Å². The molecule has 0 aliphatic heterocycles. The highest BCUT2D eigenvalue weighted by Crippen LogP contribution is 2.19. The van der Waals surface area contributed by atoms with Gasteiger partial charge in [0.2, 0.25) is 5.91 Å². The van der Waals surface area contributed by atoms with Crippen molar-refractivity contribution in [3.05, 3.63) is 29.8 Å². The average molecular weight is 290 g/mol. The lowest BCUT2D eigenvalue weighted by Gasteiger charge is -2.29. The van der Waals surface area contributed by atoms with E-state index in [0.717, 1.165) is 43.5 Å². The van der Waals surface area contributed by atoms with E-state index in [-0.39, 0.29) is 5.91 Å². The number of amides is 1. The van der Waals surface area contributed by atoms with Gasteiger partial charge in [0.25, 0.3) is 0 Å². The highest BCUT2D eigenvalue weighted by atomic mass is 16.5. The summed E-state index contributed by atoms with van der Waals surface area (Å²) in [6.07, 6.45) is 4.86. The fourth-order valence-corrected chi connectivity index (χ4v) is 2.98. The van der Waals surface area contributed by atoms with Crippen LogP contribution in [0.3, 0.4) is 0 Å². The van der Waals surface area contributed by atoms with E-state index in [2.05, 4.69) is 17.6 Å². The molecule has 1 aromatic carbocycles. The summed E-state index contributed by atoms with van der Waals surface area (Å²) >= 11 is 0. The zero-order valence-corrected chi connectivity index (χ0v) is 13.0. The minimum absolute atomic E-state index is 0.107. The van der Waals surface area contributed by atoms with Crippen LogP contribution in [0.5, 0.6) is 5.75 Å². The normalized spacial score (nSPS) is 21.8. The van der Waals surface area contributed by atoms with Crippen molar-refractivity contribution in [3.8, 4) is 5.75 Å². The number of hydrogen-bond donors (Lipinski definition) is 2. The monoisotopic (exact) mass is 290 g/mol. The summed E-state index contributed by atoms with van der Waals surface area (Å²) < 4.78 is 5.18. The van der Waals surface area contributed by atoms with Crippen molar-refractivity contribution in [1.29, 1.82) is 0 Å². The Balaban J connectivity index is 1.77. The first-order chi connectivity index (χ1) is 10.2. The first-order valence-corrected chi connectivity index (χ1v) is 7.87. The Morgan fingerprint density at radius 3 is 2.62 bits per heavy atom. The van der Waals surface area contributed by atoms with Crippen LogP contribution in [-0.2, 0) is 11.2 Å². The minimum atomic E-state index is 0.107. The summed E-state index contributed by atoms with van der Waals surface area (Å²) in [4.78, 5) is 12.1. The molecule has 0 aromatic heterocycles. The second kappa shape index (κ2) is 8.03. The van der Waals surface area contributed by atoms with Crippen molar-refractivity contribution >= 4 is 5.91 Å². The molecule has 1 saturated carbocycles. The predicted molar refractivity (Wildman–Crippen MR) is 84.6 cm³/mol. The SMILES string of the molecule is CCNC1CCC(NC(=O)Cc2cccc(OC)c2)CC1. The smallest absolute Gasteiger partial charge is 0.224 e. The highest BCUT2D eigenvalue weighted by Gasteiger charge is 2.21. The molecular weight excluding hydrogens is 264 g/mol. The van der Waals surface area contributed by atoms with Crippen LogP contribution >= 0.6 is 0 Å². The summed E-state index contributed by atoms with van der Waals surface area (Å²) in [5.41, 5.74) is 0.994. The molecule has 0 bridgehead atoms. The molecule has 1 aliphatic rings. The summed E-state index contributed by atoms with van der Waals surface area (Å²) in [6.45, 7) is 3.17. The molecule has 0 spiro atoms. The maximum atomic E-state index is 12.1. The summed E-state index contributed by atoms with van der Waals surface area (Å²) in [6, 6.07) is 8.65. The number of rotatable bonds is 6. The molecule has 1 fully saturated rings. The lowest BCUT2D eigenvalue weighted by atomic mass is 9.91. The molecule has 116 valence electrons. The van der Waals surface area contributed by atoms with Crippen LogP contribution in [0.1, 0.15) is 38.2 Å². The first kappa shape index (κ1) is 15.8. The molecule has 0 heterocycles. The van der Waals surface area contributed by atoms with Gasteiger partial charge in [0.15, 0.2) is 0 Å². The molecule has 4 nitrogen and oxygen atoms in total. The maximum Gasteiger partial charge on any atom is 0.224 e. The van der Waals surface area contributed by atoms with Gasteiger partial charge in [0, 0.05) is 12.1 Å². The zero-order valence-electron chi connectivity index (χ0n) is 13.0. The van der Waals surface area contributed by atoms with E-state index in [1.807, 2.05) is 24.3 Å². The second-order valence-electron chi connectivity index (χ2n) is 5.70. The lowest BCUT2D eigenvalue weighted by molar-refractivity contribution is -0.121. The van der Waals surface area contributed by atoms with E-state index < -0.39 is 0 Å². The Morgan fingerprint density at radius 1 is 1.24 bits per heavy atom. The first-order valence-electron chi connectivity index (χ1n) is 7.87. The molecule has 4 heteroatoms. The number of nitrogens with one attached hydrogen (secondary N) is 2. The van der Waals surface area contributed by atoms with Crippen molar-refractivity contribution in [1.82, 2.24) is 10.6 Å². The Bertz CT molecular complexity index is 454. The van der Waals surface area contributed by atoms with Gasteiger partial charge in [-0.15, -0.1) is 0 Å². The molecule has 1 aliphatic carbocycles. The molecule has 2 N–H and O–H groups in total. The van der Waals surface area contributed by atoms with E-state index >= 15 is 0 Å². The number of carbonyl (C=O) groups is 1. The Hall–Kier alpha value is -1.55. The topological polar surface area (TPSA) is 50.4 Å². The third kappa shape index (κ3) is 5.05. The minimum Gasteiger partial charge on any atom is -0.497 e. The van der Waals surface area contributed by atoms with E-state index in [0.29, 0.717) is 18.5 Å². The van der Waals surface area contributed by atoms with E-state index in [9.17, 15) is 4.79 Å². The molecule has 0 radical (unpaired) electrons. The van der Waals surface area contributed by atoms with Gasteiger partial charge in [-0.25, -0.2) is 0 Å². The second-order valence-corrected chi connectivity index (χ2v) is 5.70. The number of ether oxygens (including phenoxy) is 1. The number of carbonyl (C=O) groups excluding carboxylic acids is 1. The van der Waals surface area contributed by atoms with Gasteiger partial charge in [0.05, 0.1) is 13.5 Å². The molecule has 0 saturated heterocycles. The fraction of sp³-hybridized carbons (Fsp3) is 0.588. The van der Waals surface area contributed by atoms with Crippen LogP contribution in [0.4, 0.5) is 0 Å². The standard InChI is InChI=1S/C17H26N2O2/c1-3-18-14-7-9-15(10-8-14)19-17(20)12-13-5-4-6-16(11-13)21-2/h4-6,11,14-15,18H,3,7-10,12H2,1-2H3,(H,19,20). The molecule has 21 heavy (non-hydrogen) atoms. The quantitative estimate of drug-likeness (QED) is 0.845. The summed E-state index contributed by atoms with van der Waals surface area (Å²) in [7, 11) is 1.64. The largest absolute Gasteiger partial charge is 0.497 e. The number of benzene rings is 1. The van der Waals surface area contributed by atoms with Gasteiger partial charge in [-0.2, -0.15) is 0 Å². The van der Waals surface area contributed by atoms with Crippen molar-refractivity contribution in [2.75, 3.05) is 13.7 Å². The summed E-state index contributed by atoms with van der Waals surface area (Å²) in [5.74, 6) is 0.904. The van der Waals surface area contributed by atoms with Gasteiger partial charge in [-0.3, -0.25) is 4.79 Å². The number of hydrogen-bond acceptors (Lipinski definition) is 3. The van der Waals surface area contributed by atoms with E-state index in [1.165, 1.54) is 0 Å². The van der Waals surface area contributed by atoms with Crippen LogP contribution < -0.4 is 15.4 Å². The Kier molecular flexibility index (Phi) is 6.05. The van der Waals surface area contributed by atoms with E-state index in [4.69, 9.17) is 4.74 Å². The average Bonchev–Trinajstić information content (AvgIpc) is 2.49. The van der Waals surface area contributed by atoms with Crippen molar-refractivity contribution in [3.63, 3.8) is 0 Å². The van der Waals surface area contributed by atoms with Crippen molar-refractivity contribution in [2.45, 2.75) is 51.1 Å². The van der Waals surface area contributed by atoms with Gasteiger partial charge < -0.3 is 15.4 Å². The molecule has 1 amide bonds. The maximum absolute atomic E-state index is 12.1. The van der Waals surface area contributed by atoms with E-state index in [1.54, 1.807) is 7.11 Å². The third-order valence-electron chi connectivity index (χ3n) is 4.08. The predicted octanol–water partition coefficient (Wildman–Crippen LogP) is 2.27.